The lowest BCUT2D eigenvalue weighted by molar-refractivity contribution is -0.138. The first-order valence-corrected chi connectivity index (χ1v) is 10.5. The maximum atomic E-state index is 12.8. The number of hydrogen-bond acceptors (Lipinski definition) is 4. The second-order valence-electron chi connectivity index (χ2n) is 7.48. The molecule has 0 spiro atoms. The highest BCUT2D eigenvalue weighted by Crippen LogP contribution is 2.15. The predicted molar refractivity (Wildman–Crippen MR) is 116 cm³/mol. The average Bonchev–Trinajstić information content (AvgIpc) is 3.04. The summed E-state index contributed by atoms with van der Waals surface area (Å²) in [4.78, 5) is 29.1. The van der Waals surface area contributed by atoms with E-state index in [1.165, 1.54) is 0 Å². The van der Waals surface area contributed by atoms with E-state index in [1.807, 2.05) is 64.4 Å². The van der Waals surface area contributed by atoms with E-state index in [4.69, 9.17) is 9.47 Å². The Kier molecular flexibility index (Phi) is 7.71. The number of ether oxygens (including phenoxy) is 2. The fourth-order valence-corrected chi connectivity index (χ4v) is 3.60. The Balaban J connectivity index is 1.47. The van der Waals surface area contributed by atoms with Gasteiger partial charge in [-0.15, -0.1) is 0 Å². The normalized spacial score (nSPS) is 15.3. The highest BCUT2D eigenvalue weighted by atomic mass is 16.5. The molecule has 0 aromatic heterocycles. The molecule has 2 amide bonds. The van der Waals surface area contributed by atoms with Crippen molar-refractivity contribution in [2.24, 2.45) is 0 Å². The largest absolute Gasteiger partial charge is 0.497 e. The summed E-state index contributed by atoms with van der Waals surface area (Å²) in [5, 5.41) is 0. The van der Waals surface area contributed by atoms with Gasteiger partial charge in [0.1, 0.15) is 11.5 Å². The fourth-order valence-electron chi connectivity index (χ4n) is 3.60. The summed E-state index contributed by atoms with van der Waals surface area (Å²) in [5.74, 6) is 1.59. The third kappa shape index (κ3) is 5.99. The van der Waals surface area contributed by atoms with Crippen LogP contribution in [0.15, 0.2) is 54.6 Å². The van der Waals surface area contributed by atoms with Crippen LogP contribution in [0.3, 0.4) is 0 Å². The molecule has 6 nitrogen and oxygen atoms in total. The molecule has 2 aromatic rings. The number of amides is 2. The monoisotopic (exact) mass is 410 g/mol. The quantitative estimate of drug-likeness (QED) is 0.704. The third-order valence-electron chi connectivity index (χ3n) is 5.35. The number of rotatable bonds is 7. The van der Waals surface area contributed by atoms with Crippen molar-refractivity contribution in [1.29, 1.82) is 0 Å². The molecule has 1 atom stereocenters. The number of aryl methyl sites for hydroxylation is 1. The van der Waals surface area contributed by atoms with Crippen LogP contribution < -0.4 is 9.47 Å². The zero-order valence-corrected chi connectivity index (χ0v) is 17.8. The third-order valence-corrected chi connectivity index (χ3v) is 5.35. The molecule has 1 aliphatic heterocycles. The van der Waals surface area contributed by atoms with Crippen LogP contribution in [0.25, 0.3) is 0 Å². The van der Waals surface area contributed by atoms with Gasteiger partial charge in [-0.05, 0) is 49.6 Å². The maximum Gasteiger partial charge on any atom is 0.263 e. The van der Waals surface area contributed by atoms with Crippen LogP contribution in [0, 0.1) is 0 Å². The maximum absolute atomic E-state index is 12.8. The minimum Gasteiger partial charge on any atom is -0.497 e. The Morgan fingerprint density at radius 3 is 2.27 bits per heavy atom. The second kappa shape index (κ2) is 10.7. The van der Waals surface area contributed by atoms with E-state index >= 15 is 0 Å². The Morgan fingerprint density at radius 1 is 0.900 bits per heavy atom. The van der Waals surface area contributed by atoms with Crippen LogP contribution in [0.4, 0.5) is 0 Å². The van der Waals surface area contributed by atoms with Crippen molar-refractivity contribution in [1.82, 2.24) is 9.80 Å². The Bertz CT molecular complexity index is 823. The van der Waals surface area contributed by atoms with Crippen molar-refractivity contribution >= 4 is 11.8 Å². The zero-order chi connectivity index (χ0) is 21.3. The smallest absolute Gasteiger partial charge is 0.263 e. The molecule has 3 rings (SSSR count). The lowest BCUT2D eigenvalue weighted by Gasteiger charge is -2.25. The van der Waals surface area contributed by atoms with Gasteiger partial charge in [-0.2, -0.15) is 0 Å². The van der Waals surface area contributed by atoms with Gasteiger partial charge in [0.15, 0.2) is 6.10 Å². The standard InChI is InChI=1S/C24H30N2O4/c1-19(30-22-7-4-3-5-8-22)24(28)26-16-6-15-25(17-18-26)23(27)14-11-20-9-12-21(29-2)13-10-20/h3-5,7-10,12-13,19H,6,11,14-18H2,1-2H3. The topological polar surface area (TPSA) is 59.1 Å². The molecular formula is C24H30N2O4. The van der Waals surface area contributed by atoms with Gasteiger partial charge in [0, 0.05) is 32.6 Å². The summed E-state index contributed by atoms with van der Waals surface area (Å²) >= 11 is 0. The van der Waals surface area contributed by atoms with E-state index in [0.29, 0.717) is 44.8 Å². The molecule has 0 bridgehead atoms. The first kappa shape index (κ1) is 21.7. The van der Waals surface area contributed by atoms with Crippen LogP contribution >= 0.6 is 0 Å². The summed E-state index contributed by atoms with van der Waals surface area (Å²) < 4.78 is 10.9. The van der Waals surface area contributed by atoms with Crippen molar-refractivity contribution < 1.29 is 19.1 Å². The molecule has 1 unspecified atom stereocenters. The van der Waals surface area contributed by atoms with E-state index in [0.717, 1.165) is 17.7 Å². The van der Waals surface area contributed by atoms with Crippen molar-refractivity contribution in [3.8, 4) is 11.5 Å². The van der Waals surface area contributed by atoms with Gasteiger partial charge in [0.25, 0.3) is 5.91 Å². The highest BCUT2D eigenvalue weighted by Gasteiger charge is 2.26. The number of nitrogens with zero attached hydrogens (tertiary/aromatic N) is 2. The van der Waals surface area contributed by atoms with Crippen LogP contribution in [-0.4, -0.2) is 61.0 Å². The predicted octanol–water partition coefficient (Wildman–Crippen LogP) is 3.16. The molecule has 0 N–H and O–H groups in total. The number of hydrogen-bond donors (Lipinski definition) is 0. The molecule has 160 valence electrons. The SMILES string of the molecule is COc1ccc(CCC(=O)N2CCCN(C(=O)C(C)Oc3ccccc3)CC2)cc1. The van der Waals surface area contributed by atoms with Gasteiger partial charge >= 0.3 is 0 Å². The molecular weight excluding hydrogens is 380 g/mol. The van der Waals surface area contributed by atoms with Crippen molar-refractivity contribution in [2.45, 2.75) is 32.3 Å². The second-order valence-corrected chi connectivity index (χ2v) is 7.48. The van der Waals surface area contributed by atoms with Crippen molar-refractivity contribution in [2.75, 3.05) is 33.3 Å². The number of carbonyl (C=O) groups excluding carboxylic acids is 2. The van der Waals surface area contributed by atoms with E-state index in [-0.39, 0.29) is 11.8 Å². The molecule has 1 fully saturated rings. The molecule has 0 radical (unpaired) electrons. The van der Waals surface area contributed by atoms with Crippen LogP contribution in [-0.2, 0) is 16.0 Å². The van der Waals surface area contributed by atoms with Crippen molar-refractivity contribution in [3.63, 3.8) is 0 Å². The molecule has 30 heavy (non-hydrogen) atoms. The summed E-state index contributed by atoms with van der Waals surface area (Å²) in [7, 11) is 1.64. The van der Waals surface area contributed by atoms with Gasteiger partial charge in [0.2, 0.25) is 5.91 Å². The molecule has 1 heterocycles. The number of para-hydroxylation sites is 1. The zero-order valence-electron chi connectivity index (χ0n) is 17.8. The lowest BCUT2D eigenvalue weighted by Crippen LogP contribution is -2.43. The molecule has 1 aliphatic rings. The average molecular weight is 411 g/mol. The van der Waals surface area contributed by atoms with Crippen LogP contribution in [0.5, 0.6) is 11.5 Å². The minimum atomic E-state index is -0.551. The Morgan fingerprint density at radius 2 is 1.57 bits per heavy atom. The first-order valence-electron chi connectivity index (χ1n) is 10.5. The summed E-state index contributed by atoms with van der Waals surface area (Å²) in [5.41, 5.74) is 1.11. The molecule has 6 heteroatoms. The molecule has 0 saturated carbocycles. The summed E-state index contributed by atoms with van der Waals surface area (Å²) in [6, 6.07) is 17.2. The van der Waals surface area contributed by atoms with Gasteiger partial charge in [-0.1, -0.05) is 30.3 Å². The van der Waals surface area contributed by atoms with Gasteiger partial charge in [-0.25, -0.2) is 0 Å². The van der Waals surface area contributed by atoms with E-state index in [2.05, 4.69) is 0 Å². The van der Waals surface area contributed by atoms with E-state index in [9.17, 15) is 9.59 Å². The van der Waals surface area contributed by atoms with Gasteiger partial charge in [-0.3, -0.25) is 9.59 Å². The fraction of sp³-hybridized carbons (Fsp3) is 0.417. The Hall–Kier alpha value is -3.02. The van der Waals surface area contributed by atoms with E-state index in [1.54, 1.807) is 14.0 Å². The van der Waals surface area contributed by atoms with Crippen molar-refractivity contribution in [3.05, 3.63) is 60.2 Å². The summed E-state index contributed by atoms with van der Waals surface area (Å²) in [6.07, 6.45) is 1.39. The first-order chi connectivity index (χ1) is 14.6. The summed E-state index contributed by atoms with van der Waals surface area (Å²) in [6.45, 7) is 4.20. The lowest BCUT2D eigenvalue weighted by atomic mass is 10.1. The number of carbonyl (C=O) groups is 2. The van der Waals surface area contributed by atoms with Crippen LogP contribution in [0.1, 0.15) is 25.3 Å². The van der Waals surface area contributed by atoms with E-state index < -0.39 is 6.10 Å². The molecule has 2 aromatic carbocycles. The molecule has 1 saturated heterocycles. The Labute approximate surface area is 178 Å². The molecule has 0 aliphatic carbocycles. The van der Waals surface area contributed by atoms with Gasteiger partial charge < -0.3 is 19.3 Å². The number of methoxy groups -OCH3 is 1. The highest BCUT2D eigenvalue weighted by molar-refractivity contribution is 5.81. The van der Waals surface area contributed by atoms with Gasteiger partial charge in [0.05, 0.1) is 7.11 Å². The number of benzene rings is 2. The minimum absolute atomic E-state index is 0.0358. The van der Waals surface area contributed by atoms with Crippen LogP contribution in [0.2, 0.25) is 0 Å².